The molecule has 2 saturated carbocycles. The van der Waals surface area contributed by atoms with Crippen molar-refractivity contribution in [2.75, 3.05) is 13.2 Å². The van der Waals surface area contributed by atoms with Crippen LogP contribution in [-0.2, 0) is 0 Å². The summed E-state index contributed by atoms with van der Waals surface area (Å²) in [6, 6.07) is 7.78. The van der Waals surface area contributed by atoms with Crippen LogP contribution >= 0.6 is 0 Å². The molecule has 1 heterocycles. The first-order valence-corrected chi connectivity index (χ1v) is 9.92. The first kappa shape index (κ1) is 18.9. The van der Waals surface area contributed by atoms with Gasteiger partial charge in [-0.25, -0.2) is 9.37 Å². The highest BCUT2D eigenvalue weighted by molar-refractivity contribution is 5.97. The van der Waals surface area contributed by atoms with Gasteiger partial charge in [0.25, 0.3) is 5.91 Å². The molecule has 2 aliphatic rings. The number of halogens is 1. The van der Waals surface area contributed by atoms with Gasteiger partial charge in [-0.2, -0.15) is 0 Å². The second kappa shape index (κ2) is 7.87. The van der Waals surface area contributed by atoms with Crippen LogP contribution in [0.1, 0.15) is 48.9 Å². The van der Waals surface area contributed by atoms with Crippen LogP contribution < -0.4 is 10.1 Å². The Morgan fingerprint density at radius 3 is 2.61 bits per heavy atom. The van der Waals surface area contributed by atoms with E-state index in [0.29, 0.717) is 42.4 Å². The van der Waals surface area contributed by atoms with E-state index in [0.717, 1.165) is 31.2 Å². The van der Waals surface area contributed by atoms with Gasteiger partial charge in [-0.15, -0.1) is 0 Å². The van der Waals surface area contributed by atoms with Gasteiger partial charge < -0.3 is 15.2 Å². The first-order chi connectivity index (χ1) is 13.5. The Kier molecular flexibility index (Phi) is 5.31. The van der Waals surface area contributed by atoms with E-state index < -0.39 is 5.60 Å². The number of hydrogen-bond donors (Lipinski definition) is 2. The number of carbonyl (C=O) groups excluding carboxylic acids is 1. The van der Waals surface area contributed by atoms with Crippen LogP contribution in [0.3, 0.4) is 0 Å². The number of nitrogens with zero attached hydrogens (tertiary/aromatic N) is 1. The largest absolute Gasteiger partial charge is 0.477 e. The summed E-state index contributed by atoms with van der Waals surface area (Å²) in [6.45, 7) is 0.766. The van der Waals surface area contributed by atoms with E-state index in [1.807, 2.05) is 0 Å². The molecule has 148 valence electrons. The van der Waals surface area contributed by atoms with Gasteiger partial charge in [-0.1, -0.05) is 25.0 Å². The van der Waals surface area contributed by atoms with Crippen LogP contribution in [0.15, 0.2) is 36.5 Å². The fourth-order valence-electron chi connectivity index (χ4n) is 3.56. The number of rotatable bonds is 7. The number of nitrogens with one attached hydrogen (secondary N) is 1. The Balaban J connectivity index is 1.55. The average Bonchev–Trinajstić information content (AvgIpc) is 3.44. The molecule has 28 heavy (non-hydrogen) atoms. The second-order valence-electron chi connectivity index (χ2n) is 7.95. The molecule has 0 atom stereocenters. The van der Waals surface area contributed by atoms with E-state index in [9.17, 15) is 14.3 Å². The fraction of sp³-hybridized carbons (Fsp3) is 0.455. The zero-order valence-corrected chi connectivity index (χ0v) is 15.8. The maximum absolute atomic E-state index is 13.2. The SMILES string of the molecule is O=C(NCC1(O)CCCC1)c1cc(-c2ccc(F)cc2)cnc1OCC1CC1. The van der Waals surface area contributed by atoms with E-state index >= 15 is 0 Å². The van der Waals surface area contributed by atoms with Crippen LogP contribution in [0.5, 0.6) is 5.88 Å². The summed E-state index contributed by atoms with van der Waals surface area (Å²) in [4.78, 5) is 17.2. The minimum atomic E-state index is -0.827. The highest BCUT2D eigenvalue weighted by atomic mass is 19.1. The van der Waals surface area contributed by atoms with Crippen molar-refractivity contribution < 1.29 is 19.0 Å². The standard InChI is InChI=1S/C22H25FN2O3/c23-18-7-5-16(6-8-18)17-11-19(21(24-12-17)28-13-15-3-4-15)20(26)25-14-22(27)9-1-2-10-22/h5-8,11-12,15,27H,1-4,9-10,13-14H2,(H,25,26). The lowest BCUT2D eigenvalue weighted by molar-refractivity contribution is 0.0448. The lowest BCUT2D eigenvalue weighted by atomic mass is 10.0. The normalized spacial score (nSPS) is 18.1. The molecule has 0 aliphatic heterocycles. The molecule has 0 bridgehead atoms. The third kappa shape index (κ3) is 4.50. The molecule has 1 aromatic carbocycles. The molecule has 0 unspecified atom stereocenters. The summed E-state index contributed by atoms with van der Waals surface area (Å²) in [6.07, 6.45) is 7.27. The maximum Gasteiger partial charge on any atom is 0.256 e. The van der Waals surface area contributed by atoms with Crippen molar-refractivity contribution in [1.82, 2.24) is 10.3 Å². The van der Waals surface area contributed by atoms with Crippen molar-refractivity contribution >= 4 is 5.91 Å². The van der Waals surface area contributed by atoms with E-state index in [-0.39, 0.29) is 18.3 Å². The van der Waals surface area contributed by atoms with Gasteiger partial charge in [0, 0.05) is 18.3 Å². The van der Waals surface area contributed by atoms with Crippen molar-refractivity contribution in [2.45, 2.75) is 44.1 Å². The number of benzene rings is 1. The molecule has 0 spiro atoms. The minimum absolute atomic E-state index is 0.217. The van der Waals surface area contributed by atoms with Gasteiger partial charge in [-0.05, 0) is 55.4 Å². The molecule has 0 saturated heterocycles. The van der Waals surface area contributed by atoms with Gasteiger partial charge >= 0.3 is 0 Å². The van der Waals surface area contributed by atoms with Crippen LogP contribution in [0, 0.1) is 11.7 Å². The molecule has 6 heteroatoms. The number of pyridine rings is 1. The predicted octanol–water partition coefficient (Wildman–Crippen LogP) is 3.71. The second-order valence-corrected chi connectivity index (χ2v) is 7.95. The summed E-state index contributed by atoms with van der Waals surface area (Å²) in [7, 11) is 0. The number of aliphatic hydroxyl groups is 1. The summed E-state index contributed by atoms with van der Waals surface area (Å²) in [5.41, 5.74) is 0.992. The molecule has 0 radical (unpaired) electrons. The maximum atomic E-state index is 13.2. The molecule has 2 fully saturated rings. The zero-order chi connectivity index (χ0) is 19.6. The van der Waals surface area contributed by atoms with Crippen molar-refractivity contribution in [3.63, 3.8) is 0 Å². The molecular formula is C22H25FN2O3. The molecule has 5 nitrogen and oxygen atoms in total. The van der Waals surface area contributed by atoms with Crippen LogP contribution in [0.4, 0.5) is 4.39 Å². The molecule has 2 aliphatic carbocycles. The van der Waals surface area contributed by atoms with Crippen LogP contribution in [0.25, 0.3) is 11.1 Å². The summed E-state index contributed by atoms with van der Waals surface area (Å²) < 4.78 is 19.0. The first-order valence-electron chi connectivity index (χ1n) is 9.92. The highest BCUT2D eigenvalue weighted by Gasteiger charge is 2.32. The monoisotopic (exact) mass is 384 g/mol. The van der Waals surface area contributed by atoms with Crippen molar-refractivity contribution in [3.8, 4) is 17.0 Å². The predicted molar refractivity (Wildman–Crippen MR) is 104 cm³/mol. The fourth-order valence-corrected chi connectivity index (χ4v) is 3.56. The number of ether oxygens (including phenoxy) is 1. The van der Waals surface area contributed by atoms with Crippen molar-refractivity contribution in [3.05, 3.63) is 47.9 Å². The highest BCUT2D eigenvalue weighted by Crippen LogP contribution is 2.31. The lowest BCUT2D eigenvalue weighted by Gasteiger charge is -2.22. The van der Waals surface area contributed by atoms with Gasteiger partial charge in [0.15, 0.2) is 0 Å². The number of amides is 1. The number of hydrogen-bond acceptors (Lipinski definition) is 4. The summed E-state index contributed by atoms with van der Waals surface area (Å²) in [5, 5.41) is 13.3. The Bertz CT molecular complexity index is 843. The van der Waals surface area contributed by atoms with Crippen molar-refractivity contribution in [1.29, 1.82) is 0 Å². The number of aromatic nitrogens is 1. The summed E-state index contributed by atoms with van der Waals surface area (Å²) in [5.74, 6) is 0.203. The summed E-state index contributed by atoms with van der Waals surface area (Å²) >= 11 is 0. The third-order valence-electron chi connectivity index (χ3n) is 5.54. The minimum Gasteiger partial charge on any atom is -0.477 e. The van der Waals surface area contributed by atoms with E-state index in [2.05, 4.69) is 10.3 Å². The molecular weight excluding hydrogens is 359 g/mol. The quantitative estimate of drug-likeness (QED) is 0.763. The molecule has 1 aromatic heterocycles. The molecule has 2 aromatic rings. The molecule has 4 rings (SSSR count). The number of carbonyl (C=O) groups is 1. The third-order valence-corrected chi connectivity index (χ3v) is 5.54. The Labute approximate surface area is 163 Å². The van der Waals surface area contributed by atoms with E-state index in [4.69, 9.17) is 4.74 Å². The van der Waals surface area contributed by atoms with Gasteiger partial charge in [0.1, 0.15) is 11.4 Å². The zero-order valence-electron chi connectivity index (χ0n) is 15.8. The smallest absolute Gasteiger partial charge is 0.256 e. The average molecular weight is 384 g/mol. The van der Waals surface area contributed by atoms with Crippen molar-refractivity contribution in [2.24, 2.45) is 5.92 Å². The Hall–Kier alpha value is -2.47. The van der Waals surface area contributed by atoms with Crippen LogP contribution in [0.2, 0.25) is 0 Å². The van der Waals surface area contributed by atoms with Gasteiger partial charge in [0.05, 0.1) is 12.2 Å². The van der Waals surface area contributed by atoms with E-state index in [1.54, 1.807) is 24.4 Å². The Morgan fingerprint density at radius 2 is 1.93 bits per heavy atom. The topological polar surface area (TPSA) is 71.5 Å². The lowest BCUT2D eigenvalue weighted by Crippen LogP contribution is -2.40. The Morgan fingerprint density at radius 1 is 1.21 bits per heavy atom. The molecule has 2 N–H and O–H groups in total. The van der Waals surface area contributed by atoms with Gasteiger partial charge in [0.2, 0.25) is 5.88 Å². The molecule has 1 amide bonds. The van der Waals surface area contributed by atoms with E-state index in [1.165, 1.54) is 12.1 Å². The van der Waals surface area contributed by atoms with Crippen LogP contribution in [-0.4, -0.2) is 34.8 Å². The van der Waals surface area contributed by atoms with Gasteiger partial charge in [-0.3, -0.25) is 4.79 Å².